The maximum Gasteiger partial charge on any atom is 0.223 e. The Morgan fingerprint density at radius 3 is 1.23 bits per heavy atom. The molecule has 0 radical (unpaired) electrons. The molecule has 2 aromatic carbocycles. The van der Waals surface area contributed by atoms with Crippen molar-refractivity contribution in [2.75, 3.05) is 0 Å². The summed E-state index contributed by atoms with van der Waals surface area (Å²) in [5.41, 5.74) is 2.40. The van der Waals surface area contributed by atoms with E-state index in [-0.39, 0.29) is 50.6 Å². The van der Waals surface area contributed by atoms with Gasteiger partial charge in [-0.15, -0.1) is 0 Å². The molecule has 2 aromatic rings. The van der Waals surface area contributed by atoms with Gasteiger partial charge >= 0.3 is 0 Å². The number of hydrogen-bond donors (Lipinski definition) is 2. The first kappa shape index (κ1) is 30.4. The molecule has 0 unspecified atom stereocenters. The van der Waals surface area contributed by atoms with Gasteiger partial charge in [0, 0.05) is 11.8 Å². The van der Waals surface area contributed by atoms with E-state index in [0.717, 1.165) is 25.7 Å². The first-order chi connectivity index (χ1) is 15.9. The maximum atomic E-state index is 12.0. The van der Waals surface area contributed by atoms with Gasteiger partial charge in [0.2, 0.25) is 11.8 Å². The van der Waals surface area contributed by atoms with Crippen molar-refractivity contribution in [2.45, 2.75) is 86.7 Å². The Balaban J connectivity index is 0.000000332. The van der Waals surface area contributed by atoms with Crippen molar-refractivity contribution in [3.8, 4) is 0 Å². The van der Waals surface area contributed by atoms with Gasteiger partial charge < -0.3 is 10.6 Å². The van der Waals surface area contributed by atoms with E-state index in [4.69, 9.17) is 0 Å². The van der Waals surface area contributed by atoms with Gasteiger partial charge in [0.1, 0.15) is 0 Å². The quantitative estimate of drug-likeness (QED) is 0.411. The van der Waals surface area contributed by atoms with Crippen molar-refractivity contribution >= 4 is 11.8 Å². The number of amides is 2. The molecule has 4 rings (SSSR count). The molecule has 0 spiro atoms. The molecule has 0 bridgehead atoms. The lowest BCUT2D eigenvalue weighted by Gasteiger charge is -2.29. The highest BCUT2D eigenvalue weighted by Crippen LogP contribution is 2.31. The van der Waals surface area contributed by atoms with E-state index in [1.807, 2.05) is 36.4 Å². The van der Waals surface area contributed by atoms with E-state index in [1.165, 1.54) is 17.5 Å². The van der Waals surface area contributed by atoms with Gasteiger partial charge in [-0.3, -0.25) is 9.59 Å². The fraction of sp³-hybridized carbons (Fsp3) is 0.548. The van der Waals surface area contributed by atoms with Crippen LogP contribution in [0.15, 0.2) is 60.7 Å². The molecule has 0 aromatic heterocycles. The second-order valence-electron chi connectivity index (χ2n) is 10.2. The van der Waals surface area contributed by atoms with Crippen LogP contribution in [0.1, 0.15) is 97.9 Å². The summed E-state index contributed by atoms with van der Waals surface area (Å²) in [5.74, 6) is 1.85. The van der Waals surface area contributed by atoms with Gasteiger partial charge in [-0.25, -0.2) is 0 Å². The van der Waals surface area contributed by atoms with Crippen molar-refractivity contribution in [3.63, 3.8) is 0 Å². The molecule has 0 aliphatic heterocycles. The summed E-state index contributed by atoms with van der Waals surface area (Å²) in [6, 6.07) is 20.7. The summed E-state index contributed by atoms with van der Waals surface area (Å²) in [6.45, 7) is 8.59. The summed E-state index contributed by atoms with van der Waals surface area (Å²) in [4.78, 5) is 23.8. The zero-order valence-corrected chi connectivity index (χ0v) is 20.6. The number of hydrogen-bond acceptors (Lipinski definition) is 2. The molecule has 4 heteroatoms. The van der Waals surface area contributed by atoms with Gasteiger partial charge in [-0.1, -0.05) is 110 Å². The van der Waals surface area contributed by atoms with Crippen molar-refractivity contribution in [2.24, 2.45) is 23.7 Å². The molecule has 4 nitrogen and oxygen atoms in total. The van der Waals surface area contributed by atoms with Crippen LogP contribution in [0, 0.1) is 23.7 Å². The molecular weight excluding hydrogens is 432 g/mol. The summed E-state index contributed by atoms with van der Waals surface area (Å²) in [7, 11) is 0. The van der Waals surface area contributed by atoms with E-state index in [2.05, 4.69) is 62.6 Å². The van der Waals surface area contributed by atoms with Crippen LogP contribution in [-0.4, -0.2) is 11.8 Å². The Labute approximate surface area is 214 Å². The molecule has 2 aliphatic rings. The number of rotatable bonds is 8. The monoisotopic (exact) mass is 480 g/mol. The summed E-state index contributed by atoms with van der Waals surface area (Å²) < 4.78 is 0. The largest absolute Gasteiger partial charge is 0.349 e. The lowest BCUT2D eigenvalue weighted by Crippen LogP contribution is -2.38. The van der Waals surface area contributed by atoms with Crippen molar-refractivity contribution in [1.29, 1.82) is 0 Å². The molecule has 2 saturated carbocycles. The number of benzene rings is 2. The fourth-order valence-corrected chi connectivity index (χ4v) is 4.15. The van der Waals surface area contributed by atoms with Crippen LogP contribution in [0.2, 0.25) is 0 Å². The van der Waals surface area contributed by atoms with Gasteiger partial charge in [0.15, 0.2) is 0 Å². The van der Waals surface area contributed by atoms with Gasteiger partial charge in [0.05, 0.1) is 12.1 Å². The van der Waals surface area contributed by atoms with E-state index in [0.29, 0.717) is 11.8 Å². The third kappa shape index (κ3) is 9.16. The van der Waals surface area contributed by atoms with Crippen molar-refractivity contribution in [3.05, 3.63) is 71.8 Å². The summed E-state index contributed by atoms with van der Waals surface area (Å²) in [5, 5.41) is 6.35. The average molecular weight is 481 g/mol. The first-order valence-electron chi connectivity index (χ1n) is 12.6. The predicted octanol–water partition coefficient (Wildman–Crippen LogP) is 7.48. The Bertz CT molecular complexity index is 871. The standard InChI is InChI=1S/C15H21NO.C14H19NO.2CH4/c1-11(2)14(12-7-4-3-5-8-12)16-15(17)13-9-6-10-13;1-10(2)13(11-6-4-3-5-7-11)15-14(16)12-8-9-12;;/h3-5,7-8,11,13-14H,6,9-10H2,1-2H3,(H,16,17);3-7,10,12-13H,8-9H2,1-2H3,(H,15,16);2*1H4/t14-;13-;;/m00../s1. The Morgan fingerprint density at radius 2 is 0.971 bits per heavy atom. The third-order valence-corrected chi connectivity index (χ3v) is 6.67. The van der Waals surface area contributed by atoms with Gasteiger partial charge in [-0.05, 0) is 48.6 Å². The molecular formula is C31H48N2O2. The molecule has 35 heavy (non-hydrogen) atoms. The maximum absolute atomic E-state index is 12.0. The lowest BCUT2D eigenvalue weighted by atomic mass is 9.84. The molecule has 2 fully saturated rings. The van der Waals surface area contributed by atoms with Gasteiger partial charge in [-0.2, -0.15) is 0 Å². The van der Waals surface area contributed by atoms with Gasteiger partial charge in [0.25, 0.3) is 0 Å². The molecule has 194 valence electrons. The van der Waals surface area contributed by atoms with E-state index in [9.17, 15) is 9.59 Å². The zero-order chi connectivity index (χ0) is 23.8. The minimum atomic E-state index is 0. The summed E-state index contributed by atoms with van der Waals surface area (Å²) >= 11 is 0. The van der Waals surface area contributed by atoms with Crippen LogP contribution in [0.3, 0.4) is 0 Å². The Hall–Kier alpha value is -2.62. The minimum absolute atomic E-state index is 0. The normalized spacial score (nSPS) is 16.4. The molecule has 0 heterocycles. The number of nitrogens with one attached hydrogen (secondary N) is 2. The highest BCUT2D eigenvalue weighted by atomic mass is 16.2. The highest BCUT2D eigenvalue weighted by molar-refractivity contribution is 5.81. The van der Waals surface area contributed by atoms with E-state index < -0.39 is 0 Å². The second-order valence-corrected chi connectivity index (χ2v) is 10.2. The SMILES string of the molecule is C.C.CC(C)[C@H](NC(=O)C1CC1)c1ccccc1.CC(C)[C@H](NC(=O)C1CCC1)c1ccccc1. The van der Waals surface area contributed by atoms with Crippen LogP contribution in [0.5, 0.6) is 0 Å². The summed E-state index contributed by atoms with van der Waals surface area (Å²) in [6.07, 6.45) is 5.45. The van der Waals surface area contributed by atoms with Crippen LogP contribution >= 0.6 is 0 Å². The molecule has 0 saturated heterocycles. The average Bonchev–Trinajstić information content (AvgIpc) is 3.61. The fourth-order valence-electron chi connectivity index (χ4n) is 4.15. The highest BCUT2D eigenvalue weighted by Gasteiger charge is 2.32. The van der Waals surface area contributed by atoms with Crippen molar-refractivity contribution < 1.29 is 9.59 Å². The van der Waals surface area contributed by atoms with Crippen LogP contribution < -0.4 is 10.6 Å². The lowest BCUT2D eigenvalue weighted by molar-refractivity contribution is -0.128. The van der Waals surface area contributed by atoms with E-state index >= 15 is 0 Å². The van der Waals surface area contributed by atoms with E-state index in [1.54, 1.807) is 0 Å². The van der Waals surface area contributed by atoms with Crippen molar-refractivity contribution in [1.82, 2.24) is 10.6 Å². The Kier molecular flexibility index (Phi) is 12.8. The molecule has 2 N–H and O–H groups in total. The Morgan fingerprint density at radius 1 is 0.629 bits per heavy atom. The minimum Gasteiger partial charge on any atom is -0.349 e. The van der Waals surface area contributed by atoms with Crippen LogP contribution in [-0.2, 0) is 9.59 Å². The molecule has 2 aliphatic carbocycles. The molecule has 2 atom stereocenters. The van der Waals surface area contributed by atoms with Crippen LogP contribution in [0.25, 0.3) is 0 Å². The third-order valence-electron chi connectivity index (χ3n) is 6.67. The second kappa shape index (κ2) is 14.7. The smallest absolute Gasteiger partial charge is 0.223 e. The van der Waals surface area contributed by atoms with Crippen LogP contribution in [0.4, 0.5) is 0 Å². The number of carbonyl (C=O) groups is 2. The first-order valence-corrected chi connectivity index (χ1v) is 12.6. The zero-order valence-electron chi connectivity index (χ0n) is 20.6. The topological polar surface area (TPSA) is 58.2 Å². The molecule has 2 amide bonds. The number of carbonyl (C=O) groups excluding carboxylic acids is 2. The predicted molar refractivity (Wildman–Crippen MR) is 148 cm³/mol.